The van der Waals surface area contributed by atoms with E-state index >= 15 is 0 Å². The second-order valence-electron chi connectivity index (χ2n) is 6.61. The Morgan fingerprint density at radius 2 is 1.96 bits per heavy atom. The second kappa shape index (κ2) is 6.57. The molecule has 0 bridgehead atoms. The van der Waals surface area contributed by atoms with E-state index in [4.69, 9.17) is 4.52 Å². The van der Waals surface area contributed by atoms with E-state index in [0.717, 1.165) is 37.3 Å². The highest BCUT2D eigenvalue weighted by atomic mass is 16.5. The first-order chi connectivity index (χ1) is 11.0. The first-order valence-corrected chi connectivity index (χ1v) is 8.33. The average molecular weight is 312 g/mol. The molecule has 2 heterocycles. The van der Waals surface area contributed by atoms with Gasteiger partial charge in [-0.3, -0.25) is 4.79 Å². The van der Waals surface area contributed by atoms with Crippen LogP contribution in [-0.2, 0) is 11.2 Å². The van der Waals surface area contributed by atoms with Gasteiger partial charge in [-0.05, 0) is 45.6 Å². The van der Waals surface area contributed by atoms with E-state index in [2.05, 4.69) is 37.2 Å². The van der Waals surface area contributed by atoms with Crippen molar-refractivity contribution in [3.63, 3.8) is 0 Å². The Morgan fingerprint density at radius 1 is 1.22 bits per heavy atom. The van der Waals surface area contributed by atoms with E-state index in [1.54, 1.807) is 0 Å². The van der Waals surface area contributed by atoms with E-state index in [9.17, 15) is 4.79 Å². The number of hydrogen-bond acceptors (Lipinski definition) is 3. The zero-order chi connectivity index (χ0) is 16.4. The predicted molar refractivity (Wildman–Crippen MR) is 89.2 cm³/mol. The molecule has 0 aliphatic carbocycles. The number of likely N-dealkylation sites (tertiary alicyclic amines) is 1. The fourth-order valence-electron chi connectivity index (χ4n) is 3.51. The van der Waals surface area contributed by atoms with Crippen LogP contribution < -0.4 is 0 Å². The lowest BCUT2D eigenvalue weighted by atomic mass is 10.0. The van der Waals surface area contributed by atoms with Crippen molar-refractivity contribution in [3.8, 4) is 0 Å². The molecule has 0 saturated carbocycles. The SMILES string of the molecule is Cc1cc(C)cc(CCC(=O)N2CCC[C@H]2c2cc(C)no2)c1. The molecule has 0 radical (unpaired) electrons. The van der Waals surface area contributed by atoms with E-state index < -0.39 is 0 Å². The number of aryl methyl sites for hydroxylation is 4. The third kappa shape index (κ3) is 3.63. The molecule has 2 aromatic rings. The van der Waals surface area contributed by atoms with Gasteiger partial charge in [-0.1, -0.05) is 34.5 Å². The fourth-order valence-corrected chi connectivity index (χ4v) is 3.51. The summed E-state index contributed by atoms with van der Waals surface area (Å²) in [4.78, 5) is 14.6. The molecule has 122 valence electrons. The summed E-state index contributed by atoms with van der Waals surface area (Å²) in [6.45, 7) is 6.92. The molecule has 0 unspecified atom stereocenters. The van der Waals surface area contributed by atoms with Crippen LogP contribution in [0.1, 0.15) is 53.4 Å². The molecular weight excluding hydrogens is 288 g/mol. The summed E-state index contributed by atoms with van der Waals surface area (Å²) < 4.78 is 5.38. The smallest absolute Gasteiger partial charge is 0.223 e. The van der Waals surface area contributed by atoms with Crippen LogP contribution in [-0.4, -0.2) is 22.5 Å². The summed E-state index contributed by atoms with van der Waals surface area (Å²) >= 11 is 0. The van der Waals surface area contributed by atoms with Crippen LogP contribution in [0.3, 0.4) is 0 Å². The van der Waals surface area contributed by atoms with Crippen molar-refractivity contribution in [2.75, 3.05) is 6.54 Å². The van der Waals surface area contributed by atoms with Crippen LogP contribution in [0.15, 0.2) is 28.8 Å². The Labute approximate surface area is 137 Å². The Hall–Kier alpha value is -2.10. The fraction of sp³-hybridized carbons (Fsp3) is 0.474. The number of aromatic nitrogens is 1. The summed E-state index contributed by atoms with van der Waals surface area (Å²) in [5.74, 6) is 1.03. The molecule has 1 aromatic heterocycles. The van der Waals surface area contributed by atoms with Gasteiger partial charge >= 0.3 is 0 Å². The number of rotatable bonds is 4. The molecule has 1 fully saturated rings. The van der Waals surface area contributed by atoms with Crippen LogP contribution in [0.4, 0.5) is 0 Å². The molecule has 1 aliphatic heterocycles. The molecule has 23 heavy (non-hydrogen) atoms. The zero-order valence-corrected chi connectivity index (χ0v) is 14.1. The van der Waals surface area contributed by atoms with Crippen LogP contribution in [0, 0.1) is 20.8 Å². The Balaban J connectivity index is 1.65. The molecular formula is C19H24N2O2. The number of carbonyl (C=O) groups excluding carboxylic acids is 1. The number of benzene rings is 1. The van der Waals surface area contributed by atoms with E-state index in [0.29, 0.717) is 6.42 Å². The maximum atomic E-state index is 12.6. The van der Waals surface area contributed by atoms with Gasteiger partial charge < -0.3 is 9.42 Å². The standard InChI is InChI=1S/C19H24N2O2/c1-13-9-14(2)11-16(10-13)6-7-19(22)21-8-4-5-17(21)18-12-15(3)20-23-18/h9-12,17H,4-8H2,1-3H3/t17-/m0/s1. The van der Waals surface area contributed by atoms with Crippen LogP contribution in [0.5, 0.6) is 0 Å². The number of amides is 1. The lowest BCUT2D eigenvalue weighted by molar-refractivity contribution is -0.132. The maximum absolute atomic E-state index is 12.6. The van der Waals surface area contributed by atoms with E-state index in [1.165, 1.54) is 16.7 Å². The van der Waals surface area contributed by atoms with Gasteiger partial charge in [0, 0.05) is 19.0 Å². The van der Waals surface area contributed by atoms with Crippen molar-refractivity contribution < 1.29 is 9.32 Å². The molecule has 1 aliphatic rings. The van der Waals surface area contributed by atoms with Crippen LogP contribution >= 0.6 is 0 Å². The number of hydrogen-bond donors (Lipinski definition) is 0. The average Bonchev–Trinajstić information content (AvgIpc) is 3.12. The van der Waals surface area contributed by atoms with Gasteiger partial charge in [0.15, 0.2) is 5.76 Å². The summed E-state index contributed by atoms with van der Waals surface area (Å²) in [6.07, 6.45) is 3.33. The van der Waals surface area contributed by atoms with Crippen molar-refractivity contribution in [1.29, 1.82) is 0 Å². The van der Waals surface area contributed by atoms with Gasteiger partial charge in [-0.25, -0.2) is 0 Å². The summed E-state index contributed by atoms with van der Waals surface area (Å²) in [5, 5.41) is 3.95. The van der Waals surface area contributed by atoms with Crippen molar-refractivity contribution in [2.24, 2.45) is 0 Å². The van der Waals surface area contributed by atoms with Gasteiger partial charge in [0.2, 0.25) is 5.91 Å². The van der Waals surface area contributed by atoms with E-state index in [-0.39, 0.29) is 11.9 Å². The van der Waals surface area contributed by atoms with Gasteiger partial charge in [0.1, 0.15) is 0 Å². The topological polar surface area (TPSA) is 46.3 Å². The highest BCUT2D eigenvalue weighted by Gasteiger charge is 2.32. The molecule has 0 spiro atoms. The molecule has 4 heteroatoms. The lowest BCUT2D eigenvalue weighted by Gasteiger charge is -2.22. The molecule has 3 rings (SSSR count). The highest BCUT2D eigenvalue weighted by Crippen LogP contribution is 2.32. The minimum Gasteiger partial charge on any atom is -0.359 e. The zero-order valence-electron chi connectivity index (χ0n) is 14.1. The molecule has 0 N–H and O–H groups in total. The first-order valence-electron chi connectivity index (χ1n) is 8.33. The summed E-state index contributed by atoms with van der Waals surface area (Å²) in [6, 6.07) is 8.50. The quantitative estimate of drug-likeness (QED) is 0.860. The maximum Gasteiger partial charge on any atom is 0.223 e. The Morgan fingerprint density at radius 3 is 2.61 bits per heavy atom. The first kappa shape index (κ1) is 15.8. The molecule has 1 amide bonds. The summed E-state index contributed by atoms with van der Waals surface area (Å²) in [5.41, 5.74) is 4.61. The Kier molecular flexibility index (Phi) is 4.51. The molecule has 1 aromatic carbocycles. The van der Waals surface area contributed by atoms with Gasteiger partial charge in [0.05, 0.1) is 11.7 Å². The lowest BCUT2D eigenvalue weighted by Crippen LogP contribution is -2.30. The van der Waals surface area contributed by atoms with Gasteiger partial charge in [-0.15, -0.1) is 0 Å². The second-order valence-corrected chi connectivity index (χ2v) is 6.61. The third-order valence-electron chi connectivity index (χ3n) is 4.46. The van der Waals surface area contributed by atoms with Crippen LogP contribution in [0.25, 0.3) is 0 Å². The minimum absolute atomic E-state index is 0.0583. The van der Waals surface area contributed by atoms with Crippen LogP contribution in [0.2, 0.25) is 0 Å². The minimum atomic E-state index is 0.0583. The van der Waals surface area contributed by atoms with E-state index in [1.807, 2.05) is 17.9 Å². The van der Waals surface area contributed by atoms with Gasteiger partial charge in [0.25, 0.3) is 0 Å². The monoisotopic (exact) mass is 312 g/mol. The van der Waals surface area contributed by atoms with Crippen molar-refractivity contribution in [2.45, 2.75) is 52.5 Å². The molecule has 1 saturated heterocycles. The van der Waals surface area contributed by atoms with Crippen molar-refractivity contribution >= 4 is 5.91 Å². The largest absolute Gasteiger partial charge is 0.359 e. The highest BCUT2D eigenvalue weighted by molar-refractivity contribution is 5.77. The number of carbonyl (C=O) groups is 1. The van der Waals surface area contributed by atoms with Crippen molar-refractivity contribution in [1.82, 2.24) is 10.1 Å². The van der Waals surface area contributed by atoms with Gasteiger partial charge in [-0.2, -0.15) is 0 Å². The summed E-state index contributed by atoms with van der Waals surface area (Å²) in [7, 11) is 0. The van der Waals surface area contributed by atoms with Crippen molar-refractivity contribution in [3.05, 3.63) is 52.4 Å². The predicted octanol–water partition coefficient (Wildman–Crippen LogP) is 3.90. The Bertz CT molecular complexity index is 685. The third-order valence-corrected chi connectivity index (χ3v) is 4.46. The number of nitrogens with zero attached hydrogens (tertiary/aromatic N) is 2. The molecule has 1 atom stereocenters. The normalized spacial score (nSPS) is 17.7. The molecule has 4 nitrogen and oxygen atoms in total.